The van der Waals surface area contributed by atoms with Crippen LogP contribution in [0.1, 0.15) is 5.56 Å². The molecule has 9 heteroatoms. The highest BCUT2D eigenvalue weighted by Gasteiger charge is 2.47. The number of rotatable bonds is 3. The first-order valence-electron chi connectivity index (χ1n) is 4.03. The van der Waals surface area contributed by atoms with Crippen LogP contribution in [0.5, 0.6) is 0 Å². The molecule has 0 atom stereocenters. The Bertz CT molecular complexity index is 508. The van der Waals surface area contributed by atoms with E-state index >= 15 is 0 Å². The van der Waals surface area contributed by atoms with Gasteiger partial charge in [0.2, 0.25) is 0 Å². The fourth-order valence-corrected chi connectivity index (χ4v) is 1.26. The lowest BCUT2D eigenvalue weighted by molar-refractivity contribution is -0.0548. The van der Waals surface area contributed by atoms with Gasteiger partial charge in [0.1, 0.15) is 11.6 Å². The predicted octanol–water partition coefficient (Wildman–Crippen LogP) is 2.33. The SMILES string of the molecule is O=S(=O)(OCc1ccc(F)cc1F)C(F)(F)F. The summed E-state index contributed by atoms with van der Waals surface area (Å²) in [7, 11) is -5.78. The summed E-state index contributed by atoms with van der Waals surface area (Å²) < 4.78 is 85.4. The molecule has 0 aromatic heterocycles. The lowest BCUT2D eigenvalue weighted by Gasteiger charge is -2.08. The van der Waals surface area contributed by atoms with Crippen LogP contribution in [0, 0.1) is 11.6 Å². The molecule has 0 heterocycles. The Morgan fingerprint density at radius 1 is 1.18 bits per heavy atom. The summed E-state index contributed by atoms with van der Waals surface area (Å²) in [5.41, 5.74) is -6.08. The van der Waals surface area contributed by atoms with E-state index in [1.54, 1.807) is 0 Å². The minimum absolute atomic E-state index is 0.402. The van der Waals surface area contributed by atoms with E-state index in [1.165, 1.54) is 0 Å². The van der Waals surface area contributed by atoms with Gasteiger partial charge in [-0.1, -0.05) is 6.07 Å². The standard InChI is InChI=1S/C8H5F5O3S/c9-6-2-1-5(7(10)3-6)4-16-17(14,15)8(11,12)13/h1-3H,4H2. The van der Waals surface area contributed by atoms with Crippen LogP contribution >= 0.6 is 0 Å². The zero-order chi connectivity index (χ0) is 13.3. The van der Waals surface area contributed by atoms with E-state index in [-0.39, 0.29) is 0 Å². The molecule has 0 fully saturated rings. The zero-order valence-corrected chi connectivity index (χ0v) is 8.78. The molecule has 1 aromatic carbocycles. The van der Waals surface area contributed by atoms with Crippen molar-refractivity contribution in [2.75, 3.05) is 0 Å². The second kappa shape index (κ2) is 4.57. The van der Waals surface area contributed by atoms with Crippen LogP contribution in [0.4, 0.5) is 22.0 Å². The van der Waals surface area contributed by atoms with Gasteiger partial charge in [-0.15, -0.1) is 0 Å². The molecular formula is C8H5F5O3S. The van der Waals surface area contributed by atoms with E-state index in [1.807, 2.05) is 0 Å². The maximum Gasteiger partial charge on any atom is 0.523 e. The third-order valence-corrected chi connectivity index (χ3v) is 2.66. The molecule has 0 aliphatic rings. The van der Waals surface area contributed by atoms with Crippen molar-refractivity contribution in [2.45, 2.75) is 12.1 Å². The molecule has 96 valence electrons. The highest BCUT2D eigenvalue weighted by Crippen LogP contribution is 2.25. The van der Waals surface area contributed by atoms with Crippen molar-refractivity contribution in [1.29, 1.82) is 0 Å². The Hall–Kier alpha value is -1.22. The highest BCUT2D eigenvalue weighted by atomic mass is 32.2. The first kappa shape index (κ1) is 13.8. The summed E-state index contributed by atoms with van der Waals surface area (Å²) in [6, 6.07) is 1.96. The fourth-order valence-electron chi connectivity index (χ4n) is 0.847. The summed E-state index contributed by atoms with van der Waals surface area (Å²) in [6.45, 7) is -1.16. The Morgan fingerprint density at radius 3 is 2.24 bits per heavy atom. The Morgan fingerprint density at radius 2 is 1.76 bits per heavy atom. The maximum absolute atomic E-state index is 12.9. The number of hydrogen-bond acceptors (Lipinski definition) is 3. The van der Waals surface area contributed by atoms with Gasteiger partial charge in [0.25, 0.3) is 0 Å². The van der Waals surface area contributed by atoms with Gasteiger partial charge in [-0.25, -0.2) is 8.78 Å². The van der Waals surface area contributed by atoms with E-state index < -0.39 is 39.4 Å². The van der Waals surface area contributed by atoms with Crippen LogP contribution < -0.4 is 0 Å². The van der Waals surface area contributed by atoms with Gasteiger partial charge < -0.3 is 0 Å². The topological polar surface area (TPSA) is 43.4 Å². The zero-order valence-electron chi connectivity index (χ0n) is 7.96. The third-order valence-electron chi connectivity index (χ3n) is 1.67. The summed E-state index contributed by atoms with van der Waals surface area (Å²) in [5.74, 6) is -2.13. The van der Waals surface area contributed by atoms with Crippen molar-refractivity contribution in [3.05, 3.63) is 35.4 Å². The summed E-state index contributed by atoms with van der Waals surface area (Å²) >= 11 is 0. The molecule has 0 saturated carbocycles. The molecule has 0 N–H and O–H groups in total. The summed E-state index contributed by atoms with van der Waals surface area (Å²) in [5, 5.41) is 0. The first-order valence-corrected chi connectivity index (χ1v) is 5.44. The van der Waals surface area contributed by atoms with E-state index in [0.717, 1.165) is 12.1 Å². The molecule has 0 amide bonds. The molecule has 0 spiro atoms. The second-order valence-electron chi connectivity index (χ2n) is 2.90. The van der Waals surface area contributed by atoms with Crippen LogP contribution in [0.3, 0.4) is 0 Å². The van der Waals surface area contributed by atoms with Crippen molar-refractivity contribution in [3.8, 4) is 0 Å². The molecule has 17 heavy (non-hydrogen) atoms. The molecular weight excluding hydrogens is 271 g/mol. The number of alkyl halides is 3. The van der Waals surface area contributed by atoms with Gasteiger partial charge in [-0.3, -0.25) is 4.18 Å². The highest BCUT2D eigenvalue weighted by molar-refractivity contribution is 7.87. The molecule has 1 rings (SSSR count). The van der Waals surface area contributed by atoms with E-state index in [0.29, 0.717) is 6.07 Å². The average Bonchev–Trinajstić information content (AvgIpc) is 2.14. The van der Waals surface area contributed by atoms with Gasteiger partial charge in [-0.05, 0) is 6.07 Å². The summed E-state index contributed by atoms with van der Waals surface area (Å²) in [6.07, 6.45) is 0. The van der Waals surface area contributed by atoms with Gasteiger partial charge >= 0.3 is 15.6 Å². The smallest absolute Gasteiger partial charge is 0.258 e. The Balaban J connectivity index is 2.82. The second-order valence-corrected chi connectivity index (χ2v) is 4.50. The molecule has 0 saturated heterocycles. The maximum atomic E-state index is 12.9. The monoisotopic (exact) mass is 276 g/mol. The average molecular weight is 276 g/mol. The van der Waals surface area contributed by atoms with Crippen LogP contribution in [-0.2, 0) is 20.9 Å². The van der Waals surface area contributed by atoms with Gasteiger partial charge in [-0.2, -0.15) is 21.6 Å². The third kappa shape index (κ3) is 3.37. The number of benzene rings is 1. The van der Waals surface area contributed by atoms with Crippen LogP contribution in [0.2, 0.25) is 0 Å². The van der Waals surface area contributed by atoms with Crippen molar-refractivity contribution in [2.24, 2.45) is 0 Å². The van der Waals surface area contributed by atoms with Crippen LogP contribution in [0.25, 0.3) is 0 Å². The minimum atomic E-state index is -5.78. The van der Waals surface area contributed by atoms with Crippen molar-refractivity contribution < 1.29 is 34.6 Å². The molecule has 0 unspecified atom stereocenters. The minimum Gasteiger partial charge on any atom is -0.258 e. The molecule has 0 bridgehead atoms. The van der Waals surface area contributed by atoms with Gasteiger partial charge in [0.15, 0.2) is 0 Å². The van der Waals surface area contributed by atoms with Crippen molar-refractivity contribution in [3.63, 3.8) is 0 Å². The first-order chi connectivity index (χ1) is 7.63. The lowest BCUT2D eigenvalue weighted by Crippen LogP contribution is -2.25. The molecule has 3 nitrogen and oxygen atoms in total. The molecule has 0 aliphatic heterocycles. The molecule has 1 aromatic rings. The quantitative estimate of drug-likeness (QED) is 0.483. The normalized spacial score (nSPS) is 12.8. The van der Waals surface area contributed by atoms with Crippen molar-refractivity contribution >= 4 is 10.1 Å². The predicted molar refractivity (Wildman–Crippen MR) is 46.1 cm³/mol. The van der Waals surface area contributed by atoms with Crippen LogP contribution in [-0.4, -0.2) is 13.9 Å². The lowest BCUT2D eigenvalue weighted by atomic mass is 10.2. The fraction of sp³-hybridized carbons (Fsp3) is 0.250. The number of hydrogen-bond donors (Lipinski definition) is 0. The Kier molecular flexibility index (Phi) is 3.72. The van der Waals surface area contributed by atoms with E-state index in [9.17, 15) is 30.4 Å². The van der Waals surface area contributed by atoms with Crippen molar-refractivity contribution in [1.82, 2.24) is 0 Å². The molecule has 0 aliphatic carbocycles. The molecule has 0 radical (unpaired) electrons. The number of halogens is 5. The van der Waals surface area contributed by atoms with E-state index in [4.69, 9.17) is 0 Å². The van der Waals surface area contributed by atoms with Crippen LogP contribution in [0.15, 0.2) is 18.2 Å². The Labute approximate surface area is 92.9 Å². The van der Waals surface area contributed by atoms with E-state index in [2.05, 4.69) is 4.18 Å². The summed E-state index contributed by atoms with van der Waals surface area (Å²) in [4.78, 5) is 0. The largest absolute Gasteiger partial charge is 0.523 e. The van der Waals surface area contributed by atoms with Gasteiger partial charge in [0, 0.05) is 11.6 Å². The van der Waals surface area contributed by atoms with Gasteiger partial charge in [0.05, 0.1) is 6.61 Å².